The monoisotopic (exact) mass is 437 g/mol. The lowest BCUT2D eigenvalue weighted by molar-refractivity contribution is -0.119. The van der Waals surface area contributed by atoms with Gasteiger partial charge in [-0.05, 0) is 62.1 Å². The third-order valence-corrected chi connectivity index (χ3v) is 5.22. The molecule has 0 radical (unpaired) electrons. The summed E-state index contributed by atoms with van der Waals surface area (Å²) < 4.78 is 5.69. The predicted octanol–water partition coefficient (Wildman–Crippen LogP) is 0.661. The predicted molar refractivity (Wildman–Crippen MR) is 120 cm³/mol. The summed E-state index contributed by atoms with van der Waals surface area (Å²) in [6, 6.07) is 7.31. The first-order chi connectivity index (χ1) is 15.5. The van der Waals surface area contributed by atoms with Gasteiger partial charge in [0.1, 0.15) is 36.5 Å². The standard InChI is InChI=1S/C23H27N5O4/c1-14-9-10-24-20(11-14)26-23(31)22-15(2)25-21-8-7-18(27-28(21)22)17-5-3-4-6-19(17)32-13-16(30)12-29/h3-11,16,20-21,24-25,29-30H,12-13H2,1-2H3,(H,26,31)/t16-,20?,21?/m1/s1. The Balaban J connectivity index is 1.56. The smallest absolute Gasteiger partial charge is 0.273 e. The van der Waals surface area contributed by atoms with Gasteiger partial charge in [0.25, 0.3) is 5.91 Å². The number of hydrazone groups is 1. The van der Waals surface area contributed by atoms with Crippen LogP contribution >= 0.6 is 0 Å². The van der Waals surface area contributed by atoms with Gasteiger partial charge in [-0.15, -0.1) is 0 Å². The van der Waals surface area contributed by atoms with Crippen molar-refractivity contribution in [1.29, 1.82) is 0 Å². The van der Waals surface area contributed by atoms with Gasteiger partial charge in [0, 0.05) is 11.3 Å². The maximum atomic E-state index is 13.1. The third-order valence-electron chi connectivity index (χ3n) is 5.22. The van der Waals surface area contributed by atoms with Crippen LogP contribution in [-0.4, -0.2) is 58.5 Å². The van der Waals surface area contributed by atoms with Crippen LogP contribution in [0, 0.1) is 0 Å². The van der Waals surface area contributed by atoms with E-state index in [-0.39, 0.29) is 31.5 Å². The minimum absolute atomic E-state index is 0.0408. The number of rotatable bonds is 7. The molecular weight excluding hydrogens is 410 g/mol. The summed E-state index contributed by atoms with van der Waals surface area (Å²) >= 11 is 0. The van der Waals surface area contributed by atoms with Crippen LogP contribution in [0.5, 0.6) is 5.75 Å². The number of hydrogen-bond donors (Lipinski definition) is 5. The van der Waals surface area contributed by atoms with Crippen LogP contribution in [0.1, 0.15) is 19.4 Å². The molecule has 0 spiro atoms. The second-order valence-electron chi connectivity index (χ2n) is 7.76. The van der Waals surface area contributed by atoms with E-state index in [0.29, 0.717) is 22.7 Å². The highest BCUT2D eigenvalue weighted by Gasteiger charge is 2.35. The van der Waals surface area contributed by atoms with Crippen molar-refractivity contribution in [2.75, 3.05) is 13.2 Å². The molecule has 0 fully saturated rings. The van der Waals surface area contributed by atoms with E-state index in [1.165, 1.54) is 0 Å². The minimum atomic E-state index is -0.971. The SMILES string of the molecule is CC1=CC(NC(=O)C2=C(C)NC3C=CC(c4ccccc4OC[C@H](O)CO)=NN23)NC=C1. The van der Waals surface area contributed by atoms with Crippen LogP contribution < -0.4 is 20.7 Å². The molecule has 3 aliphatic rings. The molecule has 5 N–H and O–H groups in total. The lowest BCUT2D eigenvalue weighted by atomic mass is 10.1. The Morgan fingerprint density at radius 1 is 1.31 bits per heavy atom. The number of dihydropyridines is 1. The zero-order valence-electron chi connectivity index (χ0n) is 17.9. The second kappa shape index (κ2) is 9.29. The van der Waals surface area contributed by atoms with E-state index < -0.39 is 6.10 Å². The van der Waals surface area contributed by atoms with E-state index >= 15 is 0 Å². The Morgan fingerprint density at radius 2 is 2.12 bits per heavy atom. The Bertz CT molecular complexity index is 1040. The van der Waals surface area contributed by atoms with E-state index in [1.54, 1.807) is 11.1 Å². The highest BCUT2D eigenvalue weighted by Crippen LogP contribution is 2.28. The molecule has 1 amide bonds. The number of aliphatic hydroxyl groups excluding tert-OH is 2. The summed E-state index contributed by atoms with van der Waals surface area (Å²) in [5.74, 6) is 0.280. The molecule has 3 atom stereocenters. The lowest BCUT2D eigenvalue weighted by Crippen LogP contribution is -2.46. The average molecular weight is 438 g/mol. The number of allylic oxidation sites excluding steroid dienone is 4. The van der Waals surface area contributed by atoms with Crippen LogP contribution in [-0.2, 0) is 4.79 Å². The molecule has 0 saturated carbocycles. The number of nitrogens with one attached hydrogen (secondary N) is 3. The van der Waals surface area contributed by atoms with Crippen molar-refractivity contribution in [2.24, 2.45) is 5.10 Å². The van der Waals surface area contributed by atoms with Gasteiger partial charge < -0.3 is 30.9 Å². The highest BCUT2D eigenvalue weighted by molar-refractivity contribution is 6.11. The topological polar surface area (TPSA) is 118 Å². The molecule has 2 unspecified atom stereocenters. The van der Waals surface area contributed by atoms with Crippen molar-refractivity contribution in [3.8, 4) is 5.75 Å². The normalized spacial score (nSPS) is 22.4. The molecule has 32 heavy (non-hydrogen) atoms. The van der Waals surface area contributed by atoms with Crippen molar-refractivity contribution in [3.05, 3.63) is 77.3 Å². The van der Waals surface area contributed by atoms with Gasteiger partial charge in [-0.3, -0.25) is 4.79 Å². The molecule has 3 heterocycles. The van der Waals surface area contributed by atoms with Crippen LogP contribution in [0.2, 0.25) is 0 Å². The molecule has 3 aliphatic heterocycles. The number of hydrogen-bond acceptors (Lipinski definition) is 8. The zero-order chi connectivity index (χ0) is 22.7. The van der Waals surface area contributed by atoms with Crippen LogP contribution in [0.25, 0.3) is 0 Å². The van der Waals surface area contributed by atoms with Crippen molar-refractivity contribution in [1.82, 2.24) is 21.0 Å². The number of amides is 1. The molecule has 1 aromatic carbocycles. The summed E-state index contributed by atoms with van der Waals surface area (Å²) in [6.07, 6.45) is 7.94. The van der Waals surface area contributed by atoms with E-state index in [0.717, 1.165) is 11.3 Å². The maximum Gasteiger partial charge on any atom is 0.273 e. The summed E-state index contributed by atoms with van der Waals surface area (Å²) in [7, 11) is 0. The van der Waals surface area contributed by atoms with Gasteiger partial charge in [-0.1, -0.05) is 12.1 Å². The summed E-state index contributed by atoms with van der Waals surface area (Å²) in [4.78, 5) is 13.1. The molecule has 0 saturated heterocycles. The molecular formula is C23H27N5O4. The molecule has 0 aliphatic carbocycles. The number of benzene rings is 1. The number of fused-ring (bicyclic) bond motifs is 1. The van der Waals surface area contributed by atoms with Gasteiger partial charge in [-0.2, -0.15) is 5.10 Å². The number of aliphatic hydroxyl groups is 2. The Kier molecular flexibility index (Phi) is 6.29. The Morgan fingerprint density at radius 3 is 2.91 bits per heavy atom. The first-order valence-corrected chi connectivity index (χ1v) is 10.4. The van der Waals surface area contributed by atoms with Crippen molar-refractivity contribution in [3.63, 3.8) is 0 Å². The van der Waals surface area contributed by atoms with Crippen LogP contribution in [0.4, 0.5) is 0 Å². The molecule has 0 bridgehead atoms. The quantitative estimate of drug-likeness (QED) is 0.425. The molecule has 9 nitrogen and oxygen atoms in total. The number of carbonyl (C=O) groups is 1. The first kappa shape index (κ1) is 21.7. The second-order valence-corrected chi connectivity index (χ2v) is 7.76. The van der Waals surface area contributed by atoms with E-state index in [1.807, 2.05) is 62.6 Å². The number of nitrogens with zero attached hydrogens (tertiary/aromatic N) is 2. The van der Waals surface area contributed by atoms with Crippen molar-refractivity contribution in [2.45, 2.75) is 32.3 Å². The van der Waals surface area contributed by atoms with Gasteiger partial charge in [0.05, 0.1) is 12.3 Å². The van der Waals surface area contributed by atoms with Crippen LogP contribution in [0.3, 0.4) is 0 Å². The maximum absolute atomic E-state index is 13.1. The van der Waals surface area contributed by atoms with E-state index in [2.05, 4.69) is 16.0 Å². The number of carbonyl (C=O) groups excluding carboxylic acids is 1. The van der Waals surface area contributed by atoms with Crippen LogP contribution in [0.15, 0.2) is 76.8 Å². The Hall–Kier alpha value is -3.56. The molecule has 1 aromatic rings. The molecule has 4 rings (SSSR count). The fourth-order valence-corrected chi connectivity index (χ4v) is 3.64. The summed E-state index contributed by atoms with van der Waals surface area (Å²) in [6.45, 7) is 3.39. The fraction of sp³-hybridized carbons (Fsp3) is 0.304. The number of ether oxygens (including phenoxy) is 1. The Labute approximate surface area is 186 Å². The van der Waals surface area contributed by atoms with Crippen molar-refractivity contribution < 1.29 is 19.7 Å². The van der Waals surface area contributed by atoms with E-state index in [4.69, 9.17) is 14.9 Å². The average Bonchev–Trinajstić information content (AvgIpc) is 3.12. The van der Waals surface area contributed by atoms with Crippen molar-refractivity contribution >= 4 is 11.6 Å². The number of para-hydroxylation sites is 1. The largest absolute Gasteiger partial charge is 0.490 e. The third kappa shape index (κ3) is 4.53. The highest BCUT2D eigenvalue weighted by atomic mass is 16.5. The molecule has 168 valence electrons. The molecule has 9 heteroatoms. The van der Waals surface area contributed by atoms with Gasteiger partial charge in [0.2, 0.25) is 0 Å². The fourth-order valence-electron chi connectivity index (χ4n) is 3.64. The minimum Gasteiger partial charge on any atom is -0.490 e. The summed E-state index contributed by atoms with van der Waals surface area (Å²) in [5.41, 5.74) is 3.56. The van der Waals surface area contributed by atoms with Gasteiger partial charge in [-0.25, -0.2) is 5.01 Å². The summed E-state index contributed by atoms with van der Waals surface area (Å²) in [5, 5.41) is 34.4. The molecule has 0 aromatic heterocycles. The van der Waals surface area contributed by atoms with E-state index in [9.17, 15) is 9.90 Å². The van der Waals surface area contributed by atoms with Gasteiger partial charge >= 0.3 is 0 Å². The first-order valence-electron chi connectivity index (χ1n) is 10.4. The zero-order valence-corrected chi connectivity index (χ0v) is 17.9. The lowest BCUT2D eigenvalue weighted by Gasteiger charge is -2.27. The van der Waals surface area contributed by atoms with Gasteiger partial charge in [0.15, 0.2) is 0 Å².